The van der Waals surface area contributed by atoms with Crippen LogP contribution in [0.2, 0.25) is 0 Å². The highest BCUT2D eigenvalue weighted by atomic mass is 16.2. The van der Waals surface area contributed by atoms with Crippen LogP contribution in [-0.2, 0) is 31.1 Å². The average molecular weight is 380 g/mol. The Hall–Kier alpha value is -3.16. The predicted molar refractivity (Wildman–Crippen MR) is 104 cm³/mol. The molecular formula is C20H24N6O2. The molecule has 4 heterocycles. The van der Waals surface area contributed by atoms with Gasteiger partial charge in [-0.2, -0.15) is 0 Å². The molecule has 3 aromatic rings. The van der Waals surface area contributed by atoms with Crippen LogP contribution in [0.3, 0.4) is 0 Å². The number of carbonyl (C=O) groups is 1. The molecule has 1 aliphatic rings. The molecule has 0 fully saturated rings. The molecule has 0 aromatic carbocycles. The SMILES string of the molecule is Cc1nc2c(c(=O)n1C)CCN(C(=O)[C@@H](Cc1cnc[nH]1)n1cccc1)CC2. The summed E-state index contributed by atoms with van der Waals surface area (Å²) in [4.78, 5) is 39.6. The Bertz CT molecular complexity index is 1020. The number of nitrogens with zero attached hydrogens (tertiary/aromatic N) is 5. The zero-order chi connectivity index (χ0) is 19.7. The van der Waals surface area contributed by atoms with Crippen LogP contribution < -0.4 is 5.56 Å². The normalized spacial score (nSPS) is 15.1. The monoisotopic (exact) mass is 380 g/mol. The van der Waals surface area contributed by atoms with Gasteiger partial charge in [0, 0.05) is 62.8 Å². The third kappa shape index (κ3) is 3.37. The number of carbonyl (C=O) groups excluding carboxylic acids is 1. The number of hydrogen-bond donors (Lipinski definition) is 1. The Morgan fingerprint density at radius 2 is 2.00 bits per heavy atom. The van der Waals surface area contributed by atoms with Gasteiger partial charge >= 0.3 is 0 Å². The van der Waals surface area contributed by atoms with Crippen molar-refractivity contribution in [3.8, 4) is 0 Å². The van der Waals surface area contributed by atoms with Crippen LogP contribution >= 0.6 is 0 Å². The molecule has 28 heavy (non-hydrogen) atoms. The summed E-state index contributed by atoms with van der Waals surface area (Å²) >= 11 is 0. The van der Waals surface area contributed by atoms with Gasteiger partial charge in [-0.15, -0.1) is 0 Å². The van der Waals surface area contributed by atoms with E-state index in [2.05, 4.69) is 15.0 Å². The first-order valence-electron chi connectivity index (χ1n) is 9.48. The maximum Gasteiger partial charge on any atom is 0.256 e. The quantitative estimate of drug-likeness (QED) is 0.732. The third-order valence-electron chi connectivity index (χ3n) is 5.50. The van der Waals surface area contributed by atoms with Crippen LogP contribution in [-0.4, -0.2) is 48.0 Å². The smallest absolute Gasteiger partial charge is 0.256 e. The minimum atomic E-state index is -0.353. The maximum atomic E-state index is 13.4. The molecule has 0 saturated heterocycles. The number of aromatic nitrogens is 5. The van der Waals surface area contributed by atoms with Crippen molar-refractivity contribution in [3.63, 3.8) is 0 Å². The second-order valence-electron chi connectivity index (χ2n) is 7.20. The fourth-order valence-corrected chi connectivity index (χ4v) is 3.78. The Kier molecular flexibility index (Phi) is 4.85. The number of amides is 1. The summed E-state index contributed by atoms with van der Waals surface area (Å²) < 4.78 is 3.51. The van der Waals surface area contributed by atoms with Crippen LogP contribution in [0.5, 0.6) is 0 Å². The maximum absolute atomic E-state index is 13.4. The highest BCUT2D eigenvalue weighted by molar-refractivity contribution is 5.81. The molecule has 1 aliphatic heterocycles. The molecule has 3 aromatic heterocycles. The first kappa shape index (κ1) is 18.2. The standard InChI is InChI=1S/C20H24N6O2/c1-14-23-17-6-10-26(9-5-16(17)19(27)24(14)2)20(28)18(25-7-3-4-8-25)11-15-12-21-13-22-15/h3-4,7-8,12-13,18H,5-6,9-11H2,1-2H3,(H,21,22)/t18-/m1/s1. The lowest BCUT2D eigenvalue weighted by atomic mass is 10.1. The zero-order valence-corrected chi connectivity index (χ0v) is 16.1. The fourth-order valence-electron chi connectivity index (χ4n) is 3.78. The van der Waals surface area contributed by atoms with E-state index in [9.17, 15) is 9.59 Å². The summed E-state index contributed by atoms with van der Waals surface area (Å²) in [5.74, 6) is 0.750. The van der Waals surface area contributed by atoms with E-state index in [-0.39, 0.29) is 17.5 Å². The number of H-pyrrole nitrogens is 1. The Morgan fingerprint density at radius 1 is 1.25 bits per heavy atom. The number of nitrogens with one attached hydrogen (secondary N) is 1. The third-order valence-corrected chi connectivity index (χ3v) is 5.50. The van der Waals surface area contributed by atoms with E-state index in [1.54, 1.807) is 24.1 Å². The molecule has 0 bridgehead atoms. The van der Waals surface area contributed by atoms with Gasteiger partial charge in [0.15, 0.2) is 0 Å². The second-order valence-corrected chi connectivity index (χ2v) is 7.20. The Balaban J connectivity index is 1.58. The van der Waals surface area contributed by atoms with Crippen LogP contribution in [0.4, 0.5) is 0 Å². The molecule has 0 saturated carbocycles. The van der Waals surface area contributed by atoms with Crippen molar-refractivity contribution in [1.82, 2.24) is 29.0 Å². The number of rotatable bonds is 4. The van der Waals surface area contributed by atoms with Crippen LogP contribution in [0.25, 0.3) is 0 Å². The number of aryl methyl sites for hydroxylation is 1. The van der Waals surface area contributed by atoms with Gasteiger partial charge in [0.1, 0.15) is 11.9 Å². The highest BCUT2D eigenvalue weighted by Gasteiger charge is 2.28. The van der Waals surface area contributed by atoms with Gasteiger partial charge in [0.2, 0.25) is 5.91 Å². The van der Waals surface area contributed by atoms with Gasteiger partial charge < -0.3 is 14.5 Å². The summed E-state index contributed by atoms with van der Waals surface area (Å²) in [6, 6.07) is 3.48. The molecule has 1 amide bonds. The molecule has 0 spiro atoms. The second kappa shape index (κ2) is 7.46. The summed E-state index contributed by atoms with van der Waals surface area (Å²) in [6.07, 6.45) is 8.86. The first-order chi connectivity index (χ1) is 13.5. The van der Waals surface area contributed by atoms with Gasteiger partial charge in [0.25, 0.3) is 5.56 Å². The molecule has 0 unspecified atom stereocenters. The summed E-state index contributed by atoms with van der Waals surface area (Å²) in [5.41, 5.74) is 2.46. The van der Waals surface area contributed by atoms with Crippen LogP contribution in [0.1, 0.15) is 28.8 Å². The molecule has 1 atom stereocenters. The zero-order valence-electron chi connectivity index (χ0n) is 16.1. The van der Waals surface area contributed by atoms with E-state index in [1.165, 1.54) is 0 Å². The number of imidazole rings is 1. The predicted octanol–water partition coefficient (Wildman–Crippen LogP) is 1.02. The highest BCUT2D eigenvalue weighted by Crippen LogP contribution is 2.19. The largest absolute Gasteiger partial charge is 0.348 e. The van der Waals surface area contributed by atoms with E-state index < -0.39 is 0 Å². The fraction of sp³-hybridized carbons (Fsp3) is 0.400. The van der Waals surface area contributed by atoms with E-state index in [4.69, 9.17) is 0 Å². The summed E-state index contributed by atoms with van der Waals surface area (Å²) in [6.45, 7) is 2.92. The van der Waals surface area contributed by atoms with E-state index in [0.29, 0.717) is 38.2 Å². The summed E-state index contributed by atoms with van der Waals surface area (Å²) in [5, 5.41) is 0. The number of hydrogen-bond acceptors (Lipinski definition) is 4. The van der Waals surface area contributed by atoms with E-state index in [1.807, 2.05) is 40.9 Å². The van der Waals surface area contributed by atoms with Gasteiger partial charge in [0.05, 0.1) is 12.0 Å². The Morgan fingerprint density at radius 3 is 2.71 bits per heavy atom. The Labute approximate surface area is 162 Å². The lowest BCUT2D eigenvalue weighted by Crippen LogP contribution is -2.39. The molecule has 0 radical (unpaired) electrons. The van der Waals surface area contributed by atoms with Crippen molar-refractivity contribution < 1.29 is 4.79 Å². The molecule has 0 aliphatic carbocycles. The van der Waals surface area contributed by atoms with Crippen molar-refractivity contribution >= 4 is 5.91 Å². The summed E-state index contributed by atoms with van der Waals surface area (Å²) in [7, 11) is 1.74. The van der Waals surface area contributed by atoms with E-state index in [0.717, 1.165) is 17.0 Å². The van der Waals surface area contributed by atoms with Crippen molar-refractivity contribution in [2.75, 3.05) is 13.1 Å². The minimum Gasteiger partial charge on any atom is -0.348 e. The van der Waals surface area contributed by atoms with Crippen molar-refractivity contribution in [1.29, 1.82) is 0 Å². The topological polar surface area (TPSA) is 88.8 Å². The van der Waals surface area contributed by atoms with Gasteiger partial charge in [-0.1, -0.05) is 0 Å². The van der Waals surface area contributed by atoms with Crippen molar-refractivity contribution in [2.24, 2.45) is 7.05 Å². The lowest BCUT2D eigenvalue weighted by molar-refractivity contribution is -0.134. The molecule has 1 N–H and O–H groups in total. The van der Waals surface area contributed by atoms with Crippen LogP contribution in [0.15, 0.2) is 41.8 Å². The first-order valence-corrected chi connectivity index (χ1v) is 9.48. The van der Waals surface area contributed by atoms with Crippen molar-refractivity contribution in [3.05, 3.63) is 70.2 Å². The molecular weight excluding hydrogens is 356 g/mol. The number of fused-ring (bicyclic) bond motifs is 1. The van der Waals surface area contributed by atoms with Gasteiger partial charge in [-0.25, -0.2) is 9.97 Å². The number of aromatic amines is 1. The average Bonchev–Trinajstić information content (AvgIpc) is 3.36. The molecule has 8 heteroatoms. The minimum absolute atomic E-state index is 0.00350. The lowest BCUT2D eigenvalue weighted by Gasteiger charge is -2.27. The van der Waals surface area contributed by atoms with Gasteiger partial charge in [-0.05, 0) is 25.5 Å². The molecule has 4 rings (SSSR count). The molecule has 8 nitrogen and oxygen atoms in total. The molecule has 146 valence electrons. The van der Waals surface area contributed by atoms with E-state index >= 15 is 0 Å². The van der Waals surface area contributed by atoms with Gasteiger partial charge in [-0.3, -0.25) is 14.2 Å². The van der Waals surface area contributed by atoms with Crippen LogP contribution in [0, 0.1) is 6.92 Å². The van der Waals surface area contributed by atoms with Crippen molar-refractivity contribution in [2.45, 2.75) is 32.2 Å².